The predicted octanol–water partition coefficient (Wildman–Crippen LogP) is 0.758. The minimum atomic E-state index is -0.371. The molecule has 14 heavy (non-hydrogen) atoms. The fourth-order valence-corrected chi connectivity index (χ4v) is 1.11. The molecular formula is C10H14N2O2. The van der Waals surface area contributed by atoms with E-state index in [9.17, 15) is 4.79 Å². The summed E-state index contributed by atoms with van der Waals surface area (Å²) in [6.07, 6.45) is 2.21. The van der Waals surface area contributed by atoms with E-state index in [2.05, 4.69) is 9.72 Å². The number of methoxy groups -OCH3 is 1. The molecule has 1 rings (SSSR count). The van der Waals surface area contributed by atoms with Crippen LogP contribution < -0.4 is 5.73 Å². The van der Waals surface area contributed by atoms with Crippen LogP contribution in [-0.4, -0.2) is 24.1 Å². The molecule has 1 aromatic heterocycles. The Morgan fingerprint density at radius 2 is 2.36 bits per heavy atom. The number of carbonyl (C=O) groups excluding carboxylic acids is 1. The Morgan fingerprint density at radius 1 is 1.64 bits per heavy atom. The largest absolute Gasteiger partial charge is 0.465 e. The van der Waals surface area contributed by atoms with Crippen molar-refractivity contribution < 1.29 is 9.53 Å². The van der Waals surface area contributed by atoms with E-state index in [1.54, 1.807) is 12.1 Å². The first-order chi connectivity index (χ1) is 6.63. The van der Waals surface area contributed by atoms with Crippen molar-refractivity contribution in [1.29, 1.82) is 0 Å². The Morgan fingerprint density at radius 3 is 2.79 bits per heavy atom. The molecule has 2 N–H and O–H groups in total. The second kappa shape index (κ2) is 4.72. The third kappa shape index (κ3) is 2.81. The van der Waals surface area contributed by atoms with Crippen molar-refractivity contribution in [2.24, 2.45) is 5.73 Å². The average Bonchev–Trinajstić information content (AvgIpc) is 2.17. The molecule has 0 fully saturated rings. The van der Waals surface area contributed by atoms with Crippen molar-refractivity contribution in [2.75, 3.05) is 7.11 Å². The van der Waals surface area contributed by atoms with Crippen LogP contribution in [0.4, 0.5) is 0 Å². The average molecular weight is 194 g/mol. The molecule has 0 saturated carbocycles. The van der Waals surface area contributed by atoms with Crippen LogP contribution in [0.25, 0.3) is 0 Å². The Kier molecular flexibility index (Phi) is 3.59. The molecule has 0 aliphatic heterocycles. The maximum Gasteiger partial charge on any atom is 0.339 e. The van der Waals surface area contributed by atoms with Gasteiger partial charge in [-0.3, -0.25) is 4.98 Å². The summed E-state index contributed by atoms with van der Waals surface area (Å²) in [5, 5.41) is 0. The van der Waals surface area contributed by atoms with E-state index in [1.165, 1.54) is 13.3 Å². The molecule has 0 aromatic carbocycles. The van der Waals surface area contributed by atoms with Crippen molar-refractivity contribution in [3.63, 3.8) is 0 Å². The molecule has 0 aliphatic rings. The van der Waals surface area contributed by atoms with Gasteiger partial charge in [-0.25, -0.2) is 4.79 Å². The van der Waals surface area contributed by atoms with E-state index in [4.69, 9.17) is 5.73 Å². The van der Waals surface area contributed by atoms with Crippen molar-refractivity contribution in [3.05, 3.63) is 29.6 Å². The lowest BCUT2D eigenvalue weighted by atomic mass is 10.1. The summed E-state index contributed by atoms with van der Waals surface area (Å²) in [4.78, 5) is 15.2. The van der Waals surface area contributed by atoms with Crippen LogP contribution in [0.3, 0.4) is 0 Å². The highest BCUT2D eigenvalue weighted by Gasteiger charge is 2.05. The summed E-state index contributed by atoms with van der Waals surface area (Å²) in [6.45, 7) is 1.91. The van der Waals surface area contributed by atoms with Gasteiger partial charge in [-0.1, -0.05) is 0 Å². The van der Waals surface area contributed by atoms with Crippen LogP contribution in [0.1, 0.15) is 23.0 Å². The van der Waals surface area contributed by atoms with Crippen LogP contribution in [0.5, 0.6) is 0 Å². The molecule has 1 heterocycles. The molecule has 0 amide bonds. The van der Waals surface area contributed by atoms with Crippen molar-refractivity contribution in [3.8, 4) is 0 Å². The van der Waals surface area contributed by atoms with Gasteiger partial charge in [0.1, 0.15) is 0 Å². The SMILES string of the molecule is COC(=O)c1ccc(C[C@@H](C)N)nc1. The summed E-state index contributed by atoms with van der Waals surface area (Å²) in [5.74, 6) is -0.371. The van der Waals surface area contributed by atoms with Crippen LogP contribution in [0.2, 0.25) is 0 Å². The molecule has 1 atom stereocenters. The number of rotatable bonds is 3. The van der Waals surface area contributed by atoms with E-state index in [0.29, 0.717) is 12.0 Å². The van der Waals surface area contributed by atoms with Gasteiger partial charge in [0.05, 0.1) is 12.7 Å². The summed E-state index contributed by atoms with van der Waals surface area (Å²) in [5.41, 5.74) is 6.96. The lowest BCUT2D eigenvalue weighted by Gasteiger charge is -2.04. The monoisotopic (exact) mass is 194 g/mol. The van der Waals surface area contributed by atoms with E-state index in [0.717, 1.165) is 5.69 Å². The van der Waals surface area contributed by atoms with Gasteiger partial charge < -0.3 is 10.5 Å². The third-order valence-corrected chi connectivity index (χ3v) is 1.78. The molecule has 0 bridgehead atoms. The molecule has 4 heteroatoms. The molecule has 0 spiro atoms. The minimum Gasteiger partial charge on any atom is -0.465 e. The van der Waals surface area contributed by atoms with Gasteiger partial charge in [0.2, 0.25) is 0 Å². The lowest BCUT2D eigenvalue weighted by Crippen LogP contribution is -2.18. The van der Waals surface area contributed by atoms with Crippen molar-refractivity contribution >= 4 is 5.97 Å². The Labute approximate surface area is 83.1 Å². The number of aromatic nitrogens is 1. The standard InChI is InChI=1S/C10H14N2O2/c1-7(11)5-9-4-3-8(6-12-9)10(13)14-2/h3-4,6-7H,5,11H2,1-2H3/t7-/m1/s1. The number of nitrogens with zero attached hydrogens (tertiary/aromatic N) is 1. The molecule has 0 radical (unpaired) electrons. The zero-order valence-corrected chi connectivity index (χ0v) is 8.36. The number of hydrogen-bond acceptors (Lipinski definition) is 4. The third-order valence-electron chi connectivity index (χ3n) is 1.78. The molecule has 76 valence electrons. The second-order valence-corrected chi connectivity index (χ2v) is 3.21. The van der Waals surface area contributed by atoms with Gasteiger partial charge in [0.25, 0.3) is 0 Å². The van der Waals surface area contributed by atoms with E-state index >= 15 is 0 Å². The zero-order chi connectivity index (χ0) is 10.6. The highest BCUT2D eigenvalue weighted by molar-refractivity contribution is 5.88. The molecular weight excluding hydrogens is 180 g/mol. The smallest absolute Gasteiger partial charge is 0.339 e. The first kappa shape index (κ1) is 10.7. The minimum absolute atomic E-state index is 0.0754. The Hall–Kier alpha value is -1.42. The Balaban J connectivity index is 2.73. The lowest BCUT2D eigenvalue weighted by molar-refractivity contribution is 0.0600. The van der Waals surface area contributed by atoms with E-state index in [-0.39, 0.29) is 12.0 Å². The number of nitrogens with two attached hydrogens (primary N) is 1. The van der Waals surface area contributed by atoms with Gasteiger partial charge in [-0.05, 0) is 19.1 Å². The number of esters is 1. The van der Waals surface area contributed by atoms with Crippen LogP contribution in [0.15, 0.2) is 18.3 Å². The summed E-state index contributed by atoms with van der Waals surface area (Å²) >= 11 is 0. The van der Waals surface area contributed by atoms with Crippen LogP contribution >= 0.6 is 0 Å². The summed E-state index contributed by atoms with van der Waals surface area (Å²) in [6, 6.07) is 3.55. The van der Waals surface area contributed by atoms with Crippen LogP contribution in [0, 0.1) is 0 Å². The highest BCUT2D eigenvalue weighted by Crippen LogP contribution is 2.03. The quantitative estimate of drug-likeness (QED) is 0.721. The first-order valence-corrected chi connectivity index (χ1v) is 4.42. The van der Waals surface area contributed by atoms with E-state index < -0.39 is 0 Å². The van der Waals surface area contributed by atoms with Crippen molar-refractivity contribution in [2.45, 2.75) is 19.4 Å². The molecule has 1 aromatic rings. The molecule has 0 saturated heterocycles. The van der Waals surface area contributed by atoms with Crippen molar-refractivity contribution in [1.82, 2.24) is 4.98 Å². The van der Waals surface area contributed by atoms with Gasteiger partial charge in [-0.15, -0.1) is 0 Å². The number of pyridine rings is 1. The predicted molar refractivity (Wildman–Crippen MR) is 52.9 cm³/mol. The van der Waals surface area contributed by atoms with Gasteiger partial charge in [-0.2, -0.15) is 0 Å². The Bertz CT molecular complexity index is 306. The zero-order valence-electron chi connectivity index (χ0n) is 8.36. The summed E-state index contributed by atoms with van der Waals surface area (Å²) < 4.78 is 4.55. The fraction of sp³-hybridized carbons (Fsp3) is 0.400. The van der Waals surface area contributed by atoms with Gasteiger partial charge in [0.15, 0.2) is 0 Å². The normalized spacial score (nSPS) is 12.2. The molecule has 0 aliphatic carbocycles. The van der Waals surface area contributed by atoms with E-state index in [1.807, 2.05) is 6.92 Å². The van der Waals surface area contributed by atoms with Gasteiger partial charge >= 0.3 is 5.97 Å². The number of carbonyl (C=O) groups is 1. The second-order valence-electron chi connectivity index (χ2n) is 3.21. The number of hydrogen-bond donors (Lipinski definition) is 1. The molecule has 0 unspecified atom stereocenters. The summed E-state index contributed by atoms with van der Waals surface area (Å²) in [7, 11) is 1.35. The maximum atomic E-state index is 11.1. The first-order valence-electron chi connectivity index (χ1n) is 4.42. The highest BCUT2D eigenvalue weighted by atomic mass is 16.5. The van der Waals surface area contributed by atoms with Gasteiger partial charge in [0, 0.05) is 24.4 Å². The fourth-order valence-electron chi connectivity index (χ4n) is 1.11. The maximum absolute atomic E-state index is 11.1. The van der Waals surface area contributed by atoms with Crippen LogP contribution in [-0.2, 0) is 11.2 Å². The molecule has 4 nitrogen and oxygen atoms in total. The number of ether oxygens (including phenoxy) is 1. The topological polar surface area (TPSA) is 65.2 Å².